The summed E-state index contributed by atoms with van der Waals surface area (Å²) in [6.07, 6.45) is 1.07. The first kappa shape index (κ1) is 18.0. The molecule has 0 amide bonds. The Balaban J connectivity index is 2.95. The van der Waals surface area contributed by atoms with Crippen molar-refractivity contribution < 1.29 is 16.8 Å². The van der Waals surface area contributed by atoms with Gasteiger partial charge in [-0.1, -0.05) is 24.4 Å². The lowest BCUT2D eigenvalue weighted by Gasteiger charge is -2.22. The van der Waals surface area contributed by atoms with Crippen LogP contribution in [0.4, 0.5) is 0 Å². The van der Waals surface area contributed by atoms with Crippen LogP contribution >= 0.6 is 12.2 Å². The van der Waals surface area contributed by atoms with E-state index in [1.54, 1.807) is 0 Å². The molecule has 0 heterocycles. The molecule has 0 spiro atoms. The molecule has 0 saturated heterocycles. The molecule has 0 unspecified atom stereocenters. The summed E-state index contributed by atoms with van der Waals surface area (Å²) in [4.78, 5) is 0.192. The molecule has 21 heavy (non-hydrogen) atoms. The predicted octanol–water partition coefficient (Wildman–Crippen LogP) is 0.422. The highest BCUT2D eigenvalue weighted by atomic mass is 32.2. The maximum absolute atomic E-state index is 12.1. The molecule has 3 N–H and O–H groups in total. The van der Waals surface area contributed by atoms with Crippen molar-refractivity contribution in [3.8, 4) is 0 Å². The molecule has 118 valence electrons. The second-order valence-electron chi connectivity index (χ2n) is 5.25. The number of rotatable bonds is 6. The van der Waals surface area contributed by atoms with E-state index in [1.165, 1.54) is 38.1 Å². The number of nitrogens with two attached hydrogens (primary N) is 1. The van der Waals surface area contributed by atoms with Crippen LogP contribution in [-0.2, 0) is 19.9 Å². The van der Waals surface area contributed by atoms with Crippen LogP contribution in [0.15, 0.2) is 29.2 Å². The van der Waals surface area contributed by atoms with Gasteiger partial charge in [-0.25, -0.2) is 21.6 Å². The van der Waals surface area contributed by atoms with Gasteiger partial charge in [-0.15, -0.1) is 0 Å². The molecular formula is C12H18N2O4S3. The Labute approximate surface area is 130 Å². The van der Waals surface area contributed by atoms with Gasteiger partial charge in [0.1, 0.15) is 4.99 Å². The van der Waals surface area contributed by atoms with Gasteiger partial charge in [0.15, 0.2) is 9.84 Å². The highest BCUT2D eigenvalue weighted by molar-refractivity contribution is 7.92. The van der Waals surface area contributed by atoms with Gasteiger partial charge in [-0.05, 0) is 26.0 Å². The highest BCUT2D eigenvalue weighted by Gasteiger charge is 2.31. The van der Waals surface area contributed by atoms with Gasteiger partial charge in [-0.2, -0.15) is 0 Å². The van der Waals surface area contributed by atoms with Crippen LogP contribution in [0.3, 0.4) is 0 Å². The number of sulfone groups is 1. The molecule has 1 aromatic rings. The standard InChI is InChI=1S/C12H18N2O4S3/c1-12(2,20(3,15)16)8-14-21(17,18)10-6-4-9(5-7-10)11(13)19/h4-7,14H,8H2,1-3H3,(H2,13,19). The third-order valence-corrected chi connectivity index (χ3v) is 6.95. The van der Waals surface area contributed by atoms with Crippen molar-refractivity contribution in [2.24, 2.45) is 5.73 Å². The summed E-state index contributed by atoms with van der Waals surface area (Å²) >= 11 is 4.79. The van der Waals surface area contributed by atoms with Crippen molar-refractivity contribution in [2.75, 3.05) is 12.8 Å². The summed E-state index contributed by atoms with van der Waals surface area (Å²) in [5.74, 6) is 0. The lowest BCUT2D eigenvalue weighted by atomic mass is 10.2. The van der Waals surface area contributed by atoms with Crippen molar-refractivity contribution in [3.05, 3.63) is 29.8 Å². The van der Waals surface area contributed by atoms with Gasteiger partial charge >= 0.3 is 0 Å². The van der Waals surface area contributed by atoms with E-state index in [4.69, 9.17) is 18.0 Å². The first-order chi connectivity index (χ1) is 9.37. The summed E-state index contributed by atoms with van der Waals surface area (Å²) in [5.41, 5.74) is 5.99. The Morgan fingerprint density at radius 3 is 2.05 bits per heavy atom. The zero-order chi connectivity index (χ0) is 16.5. The topological polar surface area (TPSA) is 106 Å². The molecule has 0 aliphatic carbocycles. The zero-order valence-electron chi connectivity index (χ0n) is 12.0. The lowest BCUT2D eigenvalue weighted by molar-refractivity contribution is 0.537. The summed E-state index contributed by atoms with van der Waals surface area (Å²) < 4.78 is 48.5. The molecule has 6 nitrogen and oxygen atoms in total. The minimum atomic E-state index is -3.79. The fraction of sp³-hybridized carbons (Fsp3) is 0.417. The SMILES string of the molecule is CC(C)(CNS(=O)(=O)c1ccc(C(N)=S)cc1)S(C)(=O)=O. The normalized spacial score (nSPS) is 13.1. The number of benzene rings is 1. The Morgan fingerprint density at radius 2 is 1.67 bits per heavy atom. The van der Waals surface area contributed by atoms with E-state index in [9.17, 15) is 16.8 Å². The molecule has 9 heteroatoms. The Morgan fingerprint density at radius 1 is 1.19 bits per heavy atom. The monoisotopic (exact) mass is 350 g/mol. The van der Waals surface area contributed by atoms with Crippen LogP contribution < -0.4 is 10.5 Å². The Hall–Kier alpha value is -1.03. The molecule has 0 aromatic heterocycles. The molecule has 1 aromatic carbocycles. The maximum atomic E-state index is 12.1. The first-order valence-corrected chi connectivity index (χ1v) is 9.74. The van der Waals surface area contributed by atoms with Gasteiger partial charge in [-0.3, -0.25) is 0 Å². The molecule has 1 rings (SSSR count). The summed E-state index contributed by atoms with van der Waals surface area (Å²) in [5, 5.41) is 0. The smallest absolute Gasteiger partial charge is 0.240 e. The van der Waals surface area contributed by atoms with E-state index in [-0.39, 0.29) is 16.4 Å². The van der Waals surface area contributed by atoms with E-state index < -0.39 is 24.6 Å². The molecule has 0 radical (unpaired) electrons. The van der Waals surface area contributed by atoms with Gasteiger partial charge in [0.25, 0.3) is 0 Å². The van der Waals surface area contributed by atoms with Crippen molar-refractivity contribution in [2.45, 2.75) is 23.5 Å². The van der Waals surface area contributed by atoms with E-state index >= 15 is 0 Å². The number of hydrogen-bond donors (Lipinski definition) is 2. The van der Waals surface area contributed by atoms with Gasteiger partial charge in [0.2, 0.25) is 10.0 Å². The quantitative estimate of drug-likeness (QED) is 0.720. The summed E-state index contributed by atoms with van der Waals surface area (Å²) in [6, 6.07) is 5.73. The van der Waals surface area contributed by atoms with Crippen molar-refractivity contribution in [1.82, 2.24) is 4.72 Å². The fourth-order valence-corrected chi connectivity index (χ4v) is 3.06. The molecule has 0 aliphatic rings. The number of hydrogen-bond acceptors (Lipinski definition) is 5. The maximum Gasteiger partial charge on any atom is 0.240 e. The lowest BCUT2D eigenvalue weighted by Crippen LogP contribution is -2.43. The van der Waals surface area contributed by atoms with E-state index in [2.05, 4.69) is 4.72 Å². The van der Waals surface area contributed by atoms with Crippen molar-refractivity contribution in [1.29, 1.82) is 0 Å². The van der Waals surface area contributed by atoms with Crippen LogP contribution in [0.2, 0.25) is 0 Å². The fourth-order valence-electron chi connectivity index (χ4n) is 1.28. The molecular weight excluding hydrogens is 332 g/mol. The molecule has 0 saturated carbocycles. The number of nitrogens with one attached hydrogen (secondary N) is 1. The zero-order valence-corrected chi connectivity index (χ0v) is 14.4. The molecule has 0 aliphatic heterocycles. The van der Waals surface area contributed by atoms with Crippen LogP contribution in [0.25, 0.3) is 0 Å². The van der Waals surface area contributed by atoms with Gasteiger partial charge in [0.05, 0.1) is 9.64 Å². The van der Waals surface area contributed by atoms with Crippen LogP contribution in [0.1, 0.15) is 19.4 Å². The van der Waals surface area contributed by atoms with E-state index in [1.807, 2.05) is 0 Å². The minimum absolute atomic E-state index is 0.0202. The second kappa shape index (κ2) is 5.99. The predicted molar refractivity (Wildman–Crippen MR) is 86.4 cm³/mol. The Kier molecular flexibility index (Phi) is 5.14. The first-order valence-electron chi connectivity index (χ1n) is 5.96. The molecule has 0 atom stereocenters. The minimum Gasteiger partial charge on any atom is -0.389 e. The van der Waals surface area contributed by atoms with Gasteiger partial charge in [0, 0.05) is 18.4 Å². The van der Waals surface area contributed by atoms with E-state index in [0.717, 1.165) is 6.26 Å². The van der Waals surface area contributed by atoms with Crippen molar-refractivity contribution >= 4 is 37.1 Å². The van der Waals surface area contributed by atoms with Crippen molar-refractivity contribution in [3.63, 3.8) is 0 Å². The average Bonchev–Trinajstić information content (AvgIpc) is 2.35. The Bertz CT molecular complexity index is 735. The van der Waals surface area contributed by atoms with Crippen LogP contribution in [0.5, 0.6) is 0 Å². The molecule has 0 fully saturated rings. The third kappa shape index (κ3) is 4.47. The van der Waals surface area contributed by atoms with E-state index in [0.29, 0.717) is 5.56 Å². The number of thiocarbonyl (C=S) groups is 1. The number of sulfonamides is 1. The summed E-state index contributed by atoms with van der Waals surface area (Å²) in [6.45, 7) is 2.70. The van der Waals surface area contributed by atoms with Crippen LogP contribution in [-0.4, -0.2) is 39.4 Å². The highest BCUT2D eigenvalue weighted by Crippen LogP contribution is 2.16. The largest absolute Gasteiger partial charge is 0.389 e. The van der Waals surface area contributed by atoms with Crippen LogP contribution in [0, 0.1) is 0 Å². The third-order valence-electron chi connectivity index (χ3n) is 3.14. The molecule has 0 bridgehead atoms. The average molecular weight is 350 g/mol. The van der Waals surface area contributed by atoms with Gasteiger partial charge < -0.3 is 5.73 Å². The summed E-state index contributed by atoms with van der Waals surface area (Å²) in [7, 11) is -7.18. The second-order valence-corrected chi connectivity index (χ2v) is 10.1.